The average Bonchev–Trinajstić information content (AvgIpc) is 3.11. The van der Waals surface area contributed by atoms with Gasteiger partial charge in [-0.05, 0) is 19.1 Å². The zero-order chi connectivity index (χ0) is 17.3. The Morgan fingerprint density at radius 3 is 2.96 bits per heavy atom. The van der Waals surface area contributed by atoms with Crippen LogP contribution in [0.5, 0.6) is 11.5 Å². The van der Waals surface area contributed by atoms with Gasteiger partial charge in [0, 0.05) is 11.0 Å². The van der Waals surface area contributed by atoms with Gasteiger partial charge >= 0.3 is 5.97 Å². The van der Waals surface area contributed by atoms with Crippen molar-refractivity contribution in [2.75, 3.05) is 13.7 Å². The number of benzene rings is 1. The minimum absolute atomic E-state index is 0.0261. The lowest BCUT2D eigenvalue weighted by Gasteiger charge is -2.16. The maximum Gasteiger partial charge on any atom is 0.355 e. The minimum atomic E-state index is -0.507. The minimum Gasteiger partial charge on any atom is -0.504 e. The third-order valence-electron chi connectivity index (χ3n) is 3.45. The van der Waals surface area contributed by atoms with Crippen molar-refractivity contribution in [2.24, 2.45) is 0 Å². The van der Waals surface area contributed by atoms with E-state index in [-0.39, 0.29) is 28.7 Å². The fourth-order valence-corrected chi connectivity index (χ4v) is 4.74. The van der Waals surface area contributed by atoms with Gasteiger partial charge in [0.05, 0.1) is 18.6 Å². The third-order valence-corrected chi connectivity index (χ3v) is 5.83. The van der Waals surface area contributed by atoms with Crippen LogP contribution in [-0.4, -0.2) is 40.3 Å². The summed E-state index contributed by atoms with van der Waals surface area (Å²) in [5.41, 5.74) is 0.737. The van der Waals surface area contributed by atoms with Gasteiger partial charge in [-0.1, -0.05) is 35.7 Å². The molecule has 0 spiro atoms. The number of carbonyl (C=O) groups excluding carboxylic acids is 2. The molecular formula is C16H15NO5S2. The van der Waals surface area contributed by atoms with E-state index in [9.17, 15) is 14.7 Å². The Bertz CT molecular complexity index is 759. The van der Waals surface area contributed by atoms with Gasteiger partial charge in [0.2, 0.25) is 0 Å². The van der Waals surface area contributed by atoms with Crippen molar-refractivity contribution < 1.29 is 24.2 Å². The van der Waals surface area contributed by atoms with Gasteiger partial charge in [0.1, 0.15) is 10.4 Å². The summed E-state index contributed by atoms with van der Waals surface area (Å²) in [5.74, 6) is -0.480. The van der Waals surface area contributed by atoms with Crippen molar-refractivity contribution in [1.82, 2.24) is 4.90 Å². The van der Waals surface area contributed by atoms with Gasteiger partial charge in [-0.2, -0.15) is 0 Å². The molecule has 0 saturated carbocycles. The molecule has 2 heterocycles. The van der Waals surface area contributed by atoms with Crippen LogP contribution in [0.3, 0.4) is 0 Å². The Kier molecular flexibility index (Phi) is 4.77. The van der Waals surface area contributed by atoms with Crippen LogP contribution in [0.1, 0.15) is 12.5 Å². The number of amides is 1. The Hall–Kier alpha value is -2.06. The first kappa shape index (κ1) is 16.8. The maximum atomic E-state index is 12.6. The number of ether oxygens (including phenoxy) is 2. The smallest absolute Gasteiger partial charge is 0.355 e. The quantitative estimate of drug-likeness (QED) is 0.649. The van der Waals surface area contributed by atoms with Crippen molar-refractivity contribution in [2.45, 2.75) is 11.6 Å². The molecule has 0 radical (unpaired) electrons. The van der Waals surface area contributed by atoms with Crippen LogP contribution in [0, 0.1) is 0 Å². The molecule has 1 fully saturated rings. The number of hydrogen-bond donors (Lipinski definition) is 1. The molecule has 0 bridgehead atoms. The van der Waals surface area contributed by atoms with Crippen LogP contribution in [0.15, 0.2) is 34.2 Å². The van der Waals surface area contributed by atoms with E-state index in [2.05, 4.69) is 0 Å². The number of rotatable bonds is 4. The largest absolute Gasteiger partial charge is 0.504 e. The highest BCUT2D eigenvalue weighted by Crippen LogP contribution is 2.49. The monoisotopic (exact) mass is 365 g/mol. The van der Waals surface area contributed by atoms with Crippen LogP contribution >= 0.6 is 23.5 Å². The van der Waals surface area contributed by atoms with Gasteiger partial charge in [-0.15, -0.1) is 0 Å². The molecule has 0 aromatic heterocycles. The number of methoxy groups -OCH3 is 1. The molecule has 1 amide bonds. The van der Waals surface area contributed by atoms with E-state index < -0.39 is 5.97 Å². The Balaban J connectivity index is 1.88. The summed E-state index contributed by atoms with van der Waals surface area (Å²) in [7, 11) is 1.46. The lowest BCUT2D eigenvalue weighted by atomic mass is 10.1. The predicted octanol–water partition coefficient (Wildman–Crippen LogP) is 2.75. The van der Waals surface area contributed by atoms with E-state index in [0.717, 1.165) is 0 Å². The van der Waals surface area contributed by atoms with E-state index in [4.69, 9.17) is 9.47 Å². The molecule has 24 heavy (non-hydrogen) atoms. The first-order valence-corrected chi connectivity index (χ1v) is 8.99. The van der Waals surface area contributed by atoms with Crippen molar-refractivity contribution in [1.29, 1.82) is 0 Å². The lowest BCUT2D eigenvalue weighted by Crippen LogP contribution is -2.30. The molecule has 1 N–H and O–H groups in total. The fourth-order valence-electron chi connectivity index (χ4n) is 2.33. The van der Waals surface area contributed by atoms with Crippen LogP contribution in [0.2, 0.25) is 0 Å². The molecule has 1 unspecified atom stereocenters. The summed E-state index contributed by atoms with van der Waals surface area (Å²) < 4.78 is 9.83. The SMILES string of the molecule is CCOC(=O)C1=CSC2S/C(=C\c3cccc(OC)c3O)C(=O)N12. The number of fused-ring (bicyclic) bond motifs is 1. The molecule has 0 aliphatic carbocycles. The van der Waals surface area contributed by atoms with E-state index in [0.29, 0.717) is 16.2 Å². The summed E-state index contributed by atoms with van der Waals surface area (Å²) >= 11 is 2.72. The zero-order valence-electron chi connectivity index (χ0n) is 13.0. The second-order valence-electron chi connectivity index (χ2n) is 4.87. The van der Waals surface area contributed by atoms with E-state index in [1.54, 1.807) is 36.6 Å². The first-order valence-electron chi connectivity index (χ1n) is 7.17. The number of phenols is 1. The first-order chi connectivity index (χ1) is 11.6. The molecule has 2 aliphatic heterocycles. The van der Waals surface area contributed by atoms with Crippen molar-refractivity contribution in [3.63, 3.8) is 0 Å². The van der Waals surface area contributed by atoms with Crippen molar-refractivity contribution >= 4 is 41.5 Å². The molecule has 126 valence electrons. The summed E-state index contributed by atoms with van der Waals surface area (Å²) in [6.45, 7) is 1.97. The molecule has 8 heteroatoms. The molecule has 2 aliphatic rings. The Labute approximate surface area is 147 Å². The van der Waals surface area contributed by atoms with Crippen molar-refractivity contribution in [3.05, 3.63) is 39.8 Å². The molecule has 6 nitrogen and oxygen atoms in total. The van der Waals surface area contributed by atoms with E-state index in [1.165, 1.54) is 35.5 Å². The molecule has 1 aromatic carbocycles. The predicted molar refractivity (Wildman–Crippen MR) is 93.2 cm³/mol. The molecule has 3 rings (SSSR count). The van der Waals surface area contributed by atoms with Crippen LogP contribution < -0.4 is 4.74 Å². The van der Waals surface area contributed by atoms with Crippen LogP contribution in [0.25, 0.3) is 6.08 Å². The zero-order valence-corrected chi connectivity index (χ0v) is 14.6. The summed E-state index contributed by atoms with van der Waals surface area (Å²) in [6.07, 6.45) is 1.60. The standard InChI is InChI=1S/C16H15NO5S2/c1-3-22-15(20)10-8-23-16-17(10)14(19)12(24-16)7-9-5-4-6-11(21-2)13(9)18/h4-8,16,18H,3H2,1-2H3/b12-7-. The number of hydrogen-bond acceptors (Lipinski definition) is 7. The average molecular weight is 365 g/mol. The molecule has 1 atom stereocenters. The highest BCUT2D eigenvalue weighted by Gasteiger charge is 2.44. The Morgan fingerprint density at radius 1 is 1.46 bits per heavy atom. The van der Waals surface area contributed by atoms with E-state index >= 15 is 0 Å². The van der Waals surface area contributed by atoms with Crippen molar-refractivity contribution in [3.8, 4) is 11.5 Å². The van der Waals surface area contributed by atoms with Gasteiger partial charge in [-0.3, -0.25) is 9.69 Å². The highest BCUT2D eigenvalue weighted by atomic mass is 32.2. The van der Waals surface area contributed by atoms with Crippen LogP contribution in [0.4, 0.5) is 0 Å². The number of esters is 1. The second kappa shape index (κ2) is 6.82. The number of para-hydroxylation sites is 1. The van der Waals surface area contributed by atoms with E-state index in [1.807, 2.05) is 0 Å². The number of aromatic hydroxyl groups is 1. The number of phenolic OH excluding ortho intramolecular Hbond substituents is 1. The van der Waals surface area contributed by atoms with Gasteiger partial charge < -0.3 is 14.6 Å². The number of thioether (sulfide) groups is 2. The molecular weight excluding hydrogens is 350 g/mol. The highest BCUT2D eigenvalue weighted by molar-refractivity contribution is 8.21. The summed E-state index contributed by atoms with van der Waals surface area (Å²) in [5, 5.41) is 11.8. The van der Waals surface area contributed by atoms with Gasteiger partial charge in [-0.25, -0.2) is 4.79 Å². The molecule has 1 saturated heterocycles. The number of nitrogens with zero attached hydrogens (tertiary/aromatic N) is 1. The number of carbonyl (C=O) groups is 2. The second-order valence-corrected chi connectivity index (χ2v) is 7.24. The lowest BCUT2D eigenvalue weighted by molar-refractivity contribution is -0.142. The normalized spacial score (nSPS) is 21.0. The molecule has 1 aromatic rings. The van der Waals surface area contributed by atoms with Crippen LogP contribution in [-0.2, 0) is 14.3 Å². The summed E-state index contributed by atoms with van der Waals surface area (Å²) in [6, 6.07) is 5.06. The van der Waals surface area contributed by atoms with Gasteiger partial charge in [0.25, 0.3) is 5.91 Å². The maximum absolute atomic E-state index is 12.6. The fraction of sp³-hybridized carbons (Fsp3) is 0.250. The van der Waals surface area contributed by atoms with Gasteiger partial charge in [0.15, 0.2) is 11.5 Å². The topological polar surface area (TPSA) is 76.1 Å². The Morgan fingerprint density at radius 2 is 2.25 bits per heavy atom. The third kappa shape index (κ3) is 2.87. The summed E-state index contributed by atoms with van der Waals surface area (Å²) in [4.78, 5) is 26.5.